The van der Waals surface area contributed by atoms with Gasteiger partial charge in [-0.2, -0.15) is 0 Å². The smallest absolute Gasteiger partial charge is 0.336 e. The summed E-state index contributed by atoms with van der Waals surface area (Å²) in [4.78, 5) is 13.4. The molecule has 152 valence electrons. The van der Waals surface area contributed by atoms with Crippen molar-refractivity contribution >= 4 is 11.0 Å². The molecule has 0 aliphatic carbocycles. The Morgan fingerprint density at radius 3 is 2.66 bits per heavy atom. The van der Waals surface area contributed by atoms with Crippen LogP contribution in [-0.4, -0.2) is 20.4 Å². The molecule has 5 heteroatoms. The molecule has 0 bridgehead atoms. The van der Waals surface area contributed by atoms with Gasteiger partial charge in [-0.1, -0.05) is 25.5 Å². The summed E-state index contributed by atoms with van der Waals surface area (Å²) >= 11 is 0. The summed E-state index contributed by atoms with van der Waals surface area (Å²) in [5, 5.41) is 1.04. The van der Waals surface area contributed by atoms with Crippen LogP contribution in [0.1, 0.15) is 35.6 Å². The van der Waals surface area contributed by atoms with E-state index < -0.39 is 0 Å². The first-order chi connectivity index (χ1) is 14.1. The highest BCUT2D eigenvalue weighted by molar-refractivity contribution is 5.86. The highest BCUT2D eigenvalue weighted by atomic mass is 16.5. The van der Waals surface area contributed by atoms with Crippen LogP contribution in [0.4, 0.5) is 0 Å². The Morgan fingerprint density at radius 2 is 1.93 bits per heavy atom. The quantitative estimate of drug-likeness (QED) is 0.653. The van der Waals surface area contributed by atoms with E-state index in [1.807, 2.05) is 19.1 Å². The molecule has 4 rings (SSSR count). The van der Waals surface area contributed by atoms with Crippen LogP contribution in [0.2, 0.25) is 0 Å². The van der Waals surface area contributed by atoms with Gasteiger partial charge in [0, 0.05) is 29.0 Å². The van der Waals surface area contributed by atoms with E-state index >= 15 is 0 Å². The molecule has 0 radical (unpaired) electrons. The zero-order chi connectivity index (χ0) is 20.4. The van der Waals surface area contributed by atoms with Crippen LogP contribution < -0.4 is 20.0 Å². The Labute approximate surface area is 170 Å². The summed E-state index contributed by atoms with van der Waals surface area (Å²) in [6.45, 7) is 6.64. The predicted molar refractivity (Wildman–Crippen MR) is 113 cm³/mol. The monoisotopic (exact) mass is 394 g/mol. The molecule has 2 heterocycles. The van der Waals surface area contributed by atoms with Gasteiger partial charge in [0.15, 0.2) is 0 Å². The fraction of sp³-hybridized carbons (Fsp3) is 0.375. The molecule has 0 saturated carbocycles. The summed E-state index contributed by atoms with van der Waals surface area (Å²) in [5.41, 5.74) is 4.87. The van der Waals surface area contributed by atoms with Crippen LogP contribution >= 0.6 is 0 Å². The molecular weight excluding hydrogens is 366 g/mol. The van der Waals surface area contributed by atoms with Gasteiger partial charge in [0.1, 0.15) is 23.6 Å². The minimum absolute atomic E-state index is 0.286. The van der Waals surface area contributed by atoms with Crippen molar-refractivity contribution in [1.29, 1.82) is 0 Å². The van der Waals surface area contributed by atoms with E-state index in [0.717, 1.165) is 60.4 Å². The normalized spacial score (nSPS) is 15.8. The topological polar surface area (TPSA) is 53.1 Å². The van der Waals surface area contributed by atoms with Gasteiger partial charge in [-0.25, -0.2) is 4.79 Å². The molecule has 1 N–H and O–H groups in total. The van der Waals surface area contributed by atoms with E-state index in [4.69, 9.17) is 13.9 Å². The van der Waals surface area contributed by atoms with Crippen LogP contribution in [0, 0.1) is 6.92 Å². The molecule has 1 aliphatic rings. The third-order valence-corrected chi connectivity index (χ3v) is 5.68. The van der Waals surface area contributed by atoms with E-state index in [2.05, 4.69) is 25.1 Å². The zero-order valence-corrected chi connectivity index (χ0v) is 17.3. The molecular formula is C24H28NO4+. The maximum Gasteiger partial charge on any atom is 0.336 e. The summed E-state index contributed by atoms with van der Waals surface area (Å²) in [7, 11) is 1.68. The summed E-state index contributed by atoms with van der Waals surface area (Å²) in [5.74, 6) is 1.76. The molecule has 1 atom stereocenters. The molecule has 29 heavy (non-hydrogen) atoms. The molecule has 1 aliphatic heterocycles. The van der Waals surface area contributed by atoms with Gasteiger partial charge >= 0.3 is 5.63 Å². The SMILES string of the molecule is CCCc1cc(=O)oc2c(C)c3c(cc12)C[NH+](CCc1ccc(OC)cc1)CO3. The first kappa shape index (κ1) is 19.5. The number of nitrogens with one attached hydrogen (secondary N) is 1. The number of aryl methyl sites for hydroxylation is 2. The maximum atomic E-state index is 12.0. The molecule has 5 nitrogen and oxygen atoms in total. The molecule has 1 unspecified atom stereocenters. The fourth-order valence-corrected chi connectivity index (χ4v) is 4.15. The van der Waals surface area contributed by atoms with E-state index in [0.29, 0.717) is 12.3 Å². The Hall–Kier alpha value is -2.79. The fourth-order valence-electron chi connectivity index (χ4n) is 4.15. The van der Waals surface area contributed by atoms with Gasteiger partial charge in [0.05, 0.1) is 13.7 Å². The van der Waals surface area contributed by atoms with Crippen molar-refractivity contribution < 1.29 is 18.8 Å². The third kappa shape index (κ3) is 4.01. The Kier molecular flexibility index (Phi) is 5.58. The van der Waals surface area contributed by atoms with Crippen LogP contribution in [0.25, 0.3) is 11.0 Å². The lowest BCUT2D eigenvalue weighted by atomic mass is 9.98. The molecule has 0 amide bonds. The van der Waals surface area contributed by atoms with Crippen LogP contribution in [0.3, 0.4) is 0 Å². The van der Waals surface area contributed by atoms with Gasteiger partial charge in [-0.3, -0.25) is 4.90 Å². The minimum atomic E-state index is -0.286. The number of hydrogen-bond donors (Lipinski definition) is 1. The predicted octanol–water partition coefficient (Wildman–Crippen LogP) is 3.04. The van der Waals surface area contributed by atoms with E-state index in [-0.39, 0.29) is 5.63 Å². The highest BCUT2D eigenvalue weighted by Crippen LogP contribution is 2.33. The van der Waals surface area contributed by atoms with Crippen LogP contribution in [0.15, 0.2) is 45.6 Å². The summed E-state index contributed by atoms with van der Waals surface area (Å²) in [6, 6.07) is 12.0. The lowest BCUT2D eigenvalue weighted by Gasteiger charge is -2.27. The highest BCUT2D eigenvalue weighted by Gasteiger charge is 2.25. The second-order valence-corrected chi connectivity index (χ2v) is 7.77. The third-order valence-electron chi connectivity index (χ3n) is 5.68. The lowest BCUT2D eigenvalue weighted by Crippen LogP contribution is -3.12. The average Bonchev–Trinajstić information content (AvgIpc) is 2.73. The Bertz CT molecular complexity index is 1070. The van der Waals surface area contributed by atoms with Crippen molar-refractivity contribution in [3.05, 3.63) is 69.1 Å². The molecule has 0 saturated heterocycles. The Morgan fingerprint density at radius 1 is 1.14 bits per heavy atom. The number of rotatable bonds is 6. The first-order valence-corrected chi connectivity index (χ1v) is 10.3. The second kappa shape index (κ2) is 8.29. The molecule has 0 spiro atoms. The number of quaternary nitrogens is 1. The molecule has 1 aromatic heterocycles. The van der Waals surface area contributed by atoms with E-state index in [1.54, 1.807) is 13.2 Å². The minimum Gasteiger partial charge on any atom is -0.497 e. The summed E-state index contributed by atoms with van der Waals surface area (Å²) in [6.07, 6.45) is 2.85. The second-order valence-electron chi connectivity index (χ2n) is 7.77. The number of hydrogen-bond acceptors (Lipinski definition) is 4. The number of benzene rings is 2. The number of methoxy groups -OCH3 is 1. The van der Waals surface area contributed by atoms with Crippen LogP contribution in [0.5, 0.6) is 11.5 Å². The van der Waals surface area contributed by atoms with Gasteiger partial charge < -0.3 is 13.9 Å². The standard InChI is InChI=1S/C24H27NO4/c1-4-5-18-13-22(26)29-24-16(2)23-19(12-21(18)24)14-25(15-28-23)11-10-17-6-8-20(27-3)9-7-17/h6-9,12-13H,4-5,10-11,14-15H2,1-3H3/p+1. The summed E-state index contributed by atoms with van der Waals surface area (Å²) < 4.78 is 16.9. The Balaban J connectivity index is 1.57. The van der Waals surface area contributed by atoms with E-state index in [1.165, 1.54) is 16.0 Å². The first-order valence-electron chi connectivity index (χ1n) is 10.3. The average molecular weight is 394 g/mol. The number of ether oxygens (including phenoxy) is 2. The van der Waals surface area contributed by atoms with Crippen molar-refractivity contribution in [2.24, 2.45) is 0 Å². The number of fused-ring (bicyclic) bond motifs is 2. The lowest BCUT2D eigenvalue weighted by molar-refractivity contribution is -0.932. The molecule has 0 fully saturated rings. The maximum absolute atomic E-state index is 12.0. The van der Waals surface area contributed by atoms with Crippen molar-refractivity contribution in [2.75, 3.05) is 20.4 Å². The van der Waals surface area contributed by atoms with Crippen molar-refractivity contribution in [2.45, 2.75) is 39.7 Å². The van der Waals surface area contributed by atoms with Gasteiger partial charge in [0.25, 0.3) is 0 Å². The van der Waals surface area contributed by atoms with Crippen molar-refractivity contribution in [3.63, 3.8) is 0 Å². The van der Waals surface area contributed by atoms with Gasteiger partial charge in [0.2, 0.25) is 6.73 Å². The zero-order valence-electron chi connectivity index (χ0n) is 17.3. The van der Waals surface area contributed by atoms with Gasteiger partial charge in [-0.15, -0.1) is 0 Å². The molecule has 2 aromatic carbocycles. The largest absolute Gasteiger partial charge is 0.497 e. The van der Waals surface area contributed by atoms with E-state index in [9.17, 15) is 4.79 Å². The van der Waals surface area contributed by atoms with Crippen LogP contribution in [-0.2, 0) is 19.4 Å². The van der Waals surface area contributed by atoms with Crippen molar-refractivity contribution in [3.8, 4) is 11.5 Å². The van der Waals surface area contributed by atoms with Gasteiger partial charge in [-0.05, 0) is 42.7 Å². The van der Waals surface area contributed by atoms with Crippen molar-refractivity contribution in [1.82, 2.24) is 0 Å². The molecule has 3 aromatic rings.